The van der Waals surface area contributed by atoms with E-state index in [0.717, 1.165) is 8.55 Å². The van der Waals surface area contributed by atoms with Crippen LogP contribution in [0.3, 0.4) is 0 Å². The minimum atomic E-state index is -0.140. The van der Waals surface area contributed by atoms with E-state index >= 15 is 0 Å². The first kappa shape index (κ1) is 8.96. The van der Waals surface area contributed by atoms with Gasteiger partial charge in [0.05, 0.1) is 0 Å². The zero-order valence-corrected chi connectivity index (χ0v) is 9.59. The van der Waals surface area contributed by atoms with Gasteiger partial charge in [-0.3, -0.25) is 0 Å². The van der Waals surface area contributed by atoms with Crippen molar-refractivity contribution in [1.29, 1.82) is 0 Å². The number of hydrogen-bond donors (Lipinski definition) is 0. The third-order valence-electron chi connectivity index (χ3n) is 1.53. The molecule has 0 aromatic heterocycles. The van der Waals surface area contributed by atoms with E-state index in [0.29, 0.717) is 0 Å². The van der Waals surface area contributed by atoms with Gasteiger partial charge in [-0.15, -0.1) is 0 Å². The van der Waals surface area contributed by atoms with E-state index in [4.69, 9.17) is 0 Å². The smallest absolute Gasteiger partial charge is 0.0320 e. The summed E-state index contributed by atoms with van der Waals surface area (Å²) in [5.74, 6) is 0. The van der Waals surface area contributed by atoms with Crippen LogP contribution in [-0.2, 0) is 6.04 Å². The van der Waals surface area contributed by atoms with Crippen molar-refractivity contribution in [2.45, 2.75) is 12.6 Å². The fraction of sp³-hybridized carbons (Fsp3) is 0.250. The van der Waals surface area contributed by atoms with Gasteiger partial charge in [0.15, 0.2) is 0 Å². The van der Waals surface area contributed by atoms with E-state index in [2.05, 4.69) is 46.6 Å². The molecule has 11 heavy (non-hydrogen) atoms. The summed E-state index contributed by atoms with van der Waals surface area (Å²) < 4.78 is 0. The van der Waals surface area contributed by atoms with Crippen molar-refractivity contribution in [2.24, 2.45) is 0 Å². The Bertz CT molecular complexity index is 198. The van der Waals surface area contributed by atoms with Crippen molar-refractivity contribution >= 4 is 26.6 Å². The Labute approximate surface area is 75.5 Å². The van der Waals surface area contributed by atoms with Gasteiger partial charge >= 0.3 is 0 Å². The molecule has 1 aromatic carbocycles. The first-order chi connectivity index (χ1) is 5.33. The Hall–Kier alpha value is -0.129. The molecule has 0 amide bonds. The van der Waals surface area contributed by atoms with Gasteiger partial charge in [-0.2, -0.15) is 0 Å². The average molecular weight is 190 g/mol. The molecule has 3 heteroatoms. The van der Waals surface area contributed by atoms with Gasteiger partial charge in [-0.05, 0) is 6.04 Å². The maximum absolute atomic E-state index is 3.59. The minimum Gasteiger partial charge on any atom is -0.0735 e. The van der Waals surface area contributed by atoms with Crippen molar-refractivity contribution in [3.05, 3.63) is 35.9 Å². The second-order valence-electron chi connectivity index (χ2n) is 2.57. The van der Waals surface area contributed by atoms with E-state index in [9.17, 15) is 0 Å². The predicted octanol–water partition coefficient (Wildman–Crippen LogP) is 1.18. The Morgan fingerprint density at radius 2 is 2.00 bits per heavy atom. The van der Waals surface area contributed by atoms with Crippen LogP contribution in [-0.4, -0.2) is 26.6 Å². The highest BCUT2D eigenvalue weighted by atomic mass is 29.5. The molecule has 1 aromatic rings. The fourth-order valence-corrected chi connectivity index (χ4v) is 3.56. The quantitative estimate of drug-likeness (QED) is 0.628. The molecule has 0 N–H and O–H groups in total. The molecular formula is C8H10Si3. The molecule has 0 saturated heterocycles. The highest BCUT2D eigenvalue weighted by molar-refractivity contribution is 7.30. The average Bonchev–Trinajstić information content (AvgIpc) is 2.06. The van der Waals surface area contributed by atoms with Crippen LogP contribution in [0.1, 0.15) is 5.56 Å². The molecule has 0 aliphatic rings. The van der Waals surface area contributed by atoms with Gasteiger partial charge < -0.3 is 0 Å². The number of rotatable bonds is 3. The lowest BCUT2D eigenvalue weighted by Gasteiger charge is -2.04. The normalized spacial score (nSPS) is 10.5. The molecule has 0 atom stereocenters. The Morgan fingerprint density at radius 3 is 2.55 bits per heavy atom. The zero-order valence-electron chi connectivity index (χ0n) is 6.59. The summed E-state index contributed by atoms with van der Waals surface area (Å²) in [6, 6.07) is 12.0. The Balaban J connectivity index is 2.51. The van der Waals surface area contributed by atoms with Gasteiger partial charge in [-0.1, -0.05) is 42.4 Å². The Kier molecular flexibility index (Phi) is 3.82. The topological polar surface area (TPSA) is 0 Å². The lowest BCUT2D eigenvalue weighted by Crippen LogP contribution is -2.21. The molecular weight excluding hydrogens is 180 g/mol. The molecule has 0 nitrogen and oxygen atoms in total. The number of benzene rings is 1. The molecule has 1 rings (SSSR count). The minimum absolute atomic E-state index is 0.140. The monoisotopic (exact) mass is 190 g/mol. The summed E-state index contributed by atoms with van der Waals surface area (Å²) in [7, 11) is 4.42. The van der Waals surface area contributed by atoms with Crippen LogP contribution in [0.4, 0.5) is 0 Å². The van der Waals surface area contributed by atoms with Crippen LogP contribution >= 0.6 is 0 Å². The predicted molar refractivity (Wildman–Crippen MR) is 53.3 cm³/mol. The van der Waals surface area contributed by atoms with Crippen molar-refractivity contribution in [2.75, 3.05) is 0 Å². The van der Waals surface area contributed by atoms with E-state index in [1.807, 2.05) is 0 Å². The third-order valence-corrected chi connectivity index (χ3v) is 8.54. The lowest BCUT2D eigenvalue weighted by atomic mass is 10.2. The van der Waals surface area contributed by atoms with Crippen molar-refractivity contribution in [3.8, 4) is 0 Å². The highest BCUT2D eigenvalue weighted by Crippen LogP contribution is 2.00. The SMILES string of the molecule is C[Si](Cc1ccccc1)[Si][Si]. The summed E-state index contributed by atoms with van der Waals surface area (Å²) >= 11 is 0. The summed E-state index contributed by atoms with van der Waals surface area (Å²) in [5, 5.41) is 0. The van der Waals surface area contributed by atoms with Crippen LogP contribution in [0.5, 0.6) is 0 Å². The largest absolute Gasteiger partial charge is 0.0735 e. The molecule has 0 fully saturated rings. The molecule has 0 heterocycles. The summed E-state index contributed by atoms with van der Waals surface area (Å²) in [5.41, 5.74) is 1.48. The van der Waals surface area contributed by atoms with Crippen LogP contribution in [0.2, 0.25) is 6.55 Å². The molecule has 6 radical (unpaired) electrons. The van der Waals surface area contributed by atoms with Gasteiger partial charge in [0, 0.05) is 26.6 Å². The van der Waals surface area contributed by atoms with Gasteiger partial charge in [0.1, 0.15) is 0 Å². The first-order valence-electron chi connectivity index (χ1n) is 3.62. The second-order valence-corrected chi connectivity index (χ2v) is 10.3. The van der Waals surface area contributed by atoms with E-state index in [1.165, 1.54) is 11.6 Å². The van der Waals surface area contributed by atoms with Gasteiger partial charge in [-0.25, -0.2) is 0 Å². The molecule has 0 bridgehead atoms. The van der Waals surface area contributed by atoms with Crippen LogP contribution in [0.25, 0.3) is 0 Å². The van der Waals surface area contributed by atoms with E-state index in [-0.39, 0.29) is 8.31 Å². The summed E-state index contributed by atoms with van der Waals surface area (Å²) in [6.07, 6.45) is 0. The molecule has 0 saturated carbocycles. The number of hydrogen-bond acceptors (Lipinski definition) is 0. The maximum Gasteiger partial charge on any atom is 0.0320 e. The third kappa shape index (κ3) is 3.18. The highest BCUT2D eigenvalue weighted by Gasteiger charge is 2.01. The van der Waals surface area contributed by atoms with Crippen LogP contribution in [0.15, 0.2) is 30.3 Å². The van der Waals surface area contributed by atoms with Crippen molar-refractivity contribution in [3.63, 3.8) is 0 Å². The molecule has 0 unspecified atom stereocenters. The molecule has 0 aliphatic heterocycles. The van der Waals surface area contributed by atoms with Crippen LogP contribution < -0.4 is 0 Å². The summed E-state index contributed by atoms with van der Waals surface area (Å²) in [6.45, 7) is 2.36. The van der Waals surface area contributed by atoms with Gasteiger partial charge in [0.2, 0.25) is 0 Å². The lowest BCUT2D eigenvalue weighted by molar-refractivity contribution is 1.38. The van der Waals surface area contributed by atoms with Crippen LogP contribution in [0, 0.1) is 0 Å². The van der Waals surface area contributed by atoms with Crippen molar-refractivity contribution in [1.82, 2.24) is 0 Å². The molecule has 0 spiro atoms. The summed E-state index contributed by atoms with van der Waals surface area (Å²) in [4.78, 5) is 0. The van der Waals surface area contributed by atoms with Gasteiger partial charge in [0.25, 0.3) is 0 Å². The first-order valence-corrected chi connectivity index (χ1v) is 9.32. The van der Waals surface area contributed by atoms with E-state index in [1.54, 1.807) is 0 Å². The Morgan fingerprint density at radius 1 is 1.36 bits per heavy atom. The second kappa shape index (κ2) is 4.69. The van der Waals surface area contributed by atoms with Crippen molar-refractivity contribution < 1.29 is 0 Å². The fourth-order valence-electron chi connectivity index (χ4n) is 0.946. The zero-order chi connectivity index (χ0) is 8.10. The molecule has 54 valence electrons. The van der Waals surface area contributed by atoms with E-state index < -0.39 is 0 Å². The molecule has 0 aliphatic carbocycles. The standard InChI is InChI=1S/C8H10Si3/c1-11(10-9)7-8-5-3-2-4-6-8/h2-6H,7H2,1H3. The maximum atomic E-state index is 3.59.